The van der Waals surface area contributed by atoms with E-state index in [9.17, 15) is 4.79 Å². The largest absolute Gasteiger partial charge is 0.278 e. The van der Waals surface area contributed by atoms with Crippen molar-refractivity contribution in [1.82, 2.24) is 5.43 Å². The van der Waals surface area contributed by atoms with Gasteiger partial charge in [0.25, 0.3) is 5.91 Å². The summed E-state index contributed by atoms with van der Waals surface area (Å²) in [6.07, 6.45) is 6.56. The van der Waals surface area contributed by atoms with Crippen molar-refractivity contribution in [3.8, 4) is 0 Å². The Morgan fingerprint density at radius 1 is 1.11 bits per heavy atom. The summed E-state index contributed by atoms with van der Waals surface area (Å²) in [5, 5.41) is 1.60. The number of para-hydroxylation sites is 1. The van der Waals surface area contributed by atoms with Crippen LogP contribution in [0.15, 0.2) is 35.3 Å². The van der Waals surface area contributed by atoms with Gasteiger partial charge in [-0.15, -0.1) is 0 Å². The molecule has 4 heteroatoms. The molecule has 1 aliphatic carbocycles. The Kier molecular flexibility index (Phi) is 3.49. The smallest absolute Gasteiger partial charge is 0.253 e. The van der Waals surface area contributed by atoms with Gasteiger partial charge in [-0.25, -0.2) is 5.01 Å². The summed E-state index contributed by atoms with van der Waals surface area (Å²) in [5.41, 5.74) is 4.01. The third-order valence-electron chi connectivity index (χ3n) is 3.74. The van der Waals surface area contributed by atoms with Crippen LogP contribution in [0.3, 0.4) is 0 Å². The van der Waals surface area contributed by atoms with Crippen molar-refractivity contribution in [2.24, 2.45) is 4.99 Å². The van der Waals surface area contributed by atoms with Gasteiger partial charge < -0.3 is 0 Å². The van der Waals surface area contributed by atoms with E-state index < -0.39 is 0 Å². The lowest BCUT2D eigenvalue weighted by Gasteiger charge is -2.19. The van der Waals surface area contributed by atoms with Crippen LogP contribution < -0.4 is 10.4 Å². The molecule has 3 rings (SSSR count). The van der Waals surface area contributed by atoms with Crippen LogP contribution in [0.1, 0.15) is 38.5 Å². The number of nitrogens with one attached hydrogen (secondary N) is 1. The van der Waals surface area contributed by atoms with E-state index in [2.05, 4.69) is 5.43 Å². The van der Waals surface area contributed by atoms with Crippen molar-refractivity contribution >= 4 is 17.4 Å². The molecule has 19 heavy (non-hydrogen) atoms. The monoisotopic (exact) mass is 257 g/mol. The number of carbonyl (C=O) groups excluding carboxylic acids is 1. The van der Waals surface area contributed by atoms with Crippen LogP contribution in [-0.2, 0) is 4.79 Å². The SMILES string of the molecule is O=C1CC(=NC2CCCCC2)NN1c1ccccc1. The molecule has 1 heterocycles. The summed E-state index contributed by atoms with van der Waals surface area (Å²) in [5.74, 6) is 0.890. The van der Waals surface area contributed by atoms with E-state index in [1.807, 2.05) is 30.3 Å². The van der Waals surface area contributed by atoms with E-state index in [4.69, 9.17) is 4.99 Å². The Hall–Kier alpha value is -1.84. The van der Waals surface area contributed by atoms with E-state index >= 15 is 0 Å². The fourth-order valence-corrected chi connectivity index (χ4v) is 2.74. The van der Waals surface area contributed by atoms with Crippen LogP contribution in [0, 0.1) is 0 Å². The predicted octanol–water partition coefficient (Wildman–Crippen LogP) is 2.66. The van der Waals surface area contributed by atoms with Crippen LogP contribution in [0.25, 0.3) is 0 Å². The molecule has 2 fully saturated rings. The van der Waals surface area contributed by atoms with Gasteiger partial charge in [-0.3, -0.25) is 15.2 Å². The number of hydrazine groups is 1. The van der Waals surface area contributed by atoms with Crippen molar-refractivity contribution in [2.75, 3.05) is 5.01 Å². The van der Waals surface area contributed by atoms with Crippen LogP contribution >= 0.6 is 0 Å². The zero-order valence-corrected chi connectivity index (χ0v) is 11.0. The summed E-state index contributed by atoms with van der Waals surface area (Å²) in [6, 6.07) is 10.1. The third kappa shape index (κ3) is 2.78. The van der Waals surface area contributed by atoms with Crippen LogP contribution in [0.4, 0.5) is 5.69 Å². The molecule has 0 bridgehead atoms. The topological polar surface area (TPSA) is 44.7 Å². The van der Waals surface area contributed by atoms with Gasteiger partial charge in [0.15, 0.2) is 0 Å². The highest BCUT2D eigenvalue weighted by molar-refractivity contribution is 6.13. The van der Waals surface area contributed by atoms with E-state index in [0.29, 0.717) is 12.5 Å². The first kappa shape index (κ1) is 12.2. The molecule has 2 aliphatic rings. The second-order valence-corrected chi connectivity index (χ2v) is 5.22. The molecule has 0 unspecified atom stereocenters. The highest BCUT2D eigenvalue weighted by Gasteiger charge is 2.27. The summed E-state index contributed by atoms with van der Waals surface area (Å²) in [4.78, 5) is 16.7. The van der Waals surface area contributed by atoms with E-state index in [1.54, 1.807) is 5.01 Å². The van der Waals surface area contributed by atoms with Crippen molar-refractivity contribution in [2.45, 2.75) is 44.6 Å². The van der Waals surface area contributed by atoms with Crippen molar-refractivity contribution in [3.63, 3.8) is 0 Å². The maximum absolute atomic E-state index is 12.0. The number of aliphatic imine (C=N–C) groups is 1. The molecule has 1 saturated carbocycles. The number of hydrogen-bond donors (Lipinski definition) is 1. The Labute approximate surface area is 113 Å². The van der Waals surface area contributed by atoms with Crippen molar-refractivity contribution in [3.05, 3.63) is 30.3 Å². The average molecular weight is 257 g/mol. The van der Waals surface area contributed by atoms with E-state index in [-0.39, 0.29) is 5.91 Å². The second-order valence-electron chi connectivity index (χ2n) is 5.22. The number of nitrogens with zero attached hydrogens (tertiary/aromatic N) is 2. The van der Waals surface area contributed by atoms with Crippen molar-refractivity contribution in [1.29, 1.82) is 0 Å². The van der Waals surface area contributed by atoms with E-state index in [1.165, 1.54) is 19.3 Å². The van der Waals surface area contributed by atoms with Gasteiger partial charge in [0.05, 0.1) is 18.2 Å². The molecule has 1 aromatic rings. The second kappa shape index (κ2) is 5.43. The molecule has 1 aromatic carbocycles. The van der Waals surface area contributed by atoms with Crippen LogP contribution in [-0.4, -0.2) is 17.8 Å². The summed E-state index contributed by atoms with van der Waals surface area (Å²) in [7, 11) is 0. The Morgan fingerprint density at radius 2 is 1.84 bits per heavy atom. The fourth-order valence-electron chi connectivity index (χ4n) is 2.74. The van der Waals surface area contributed by atoms with Gasteiger partial charge in [0.1, 0.15) is 5.84 Å². The molecular weight excluding hydrogens is 238 g/mol. The molecular formula is C15H19N3O. The van der Waals surface area contributed by atoms with Crippen LogP contribution in [0.5, 0.6) is 0 Å². The minimum absolute atomic E-state index is 0.0701. The summed E-state index contributed by atoms with van der Waals surface area (Å²) >= 11 is 0. The molecule has 1 aliphatic heterocycles. The first-order valence-corrected chi connectivity index (χ1v) is 7.04. The zero-order valence-electron chi connectivity index (χ0n) is 11.0. The van der Waals surface area contributed by atoms with Crippen molar-refractivity contribution < 1.29 is 4.79 Å². The van der Waals surface area contributed by atoms with Gasteiger partial charge in [0, 0.05) is 0 Å². The molecule has 1 saturated heterocycles. The molecule has 0 spiro atoms. The molecule has 100 valence electrons. The molecule has 1 N–H and O–H groups in total. The number of amidine groups is 1. The van der Waals surface area contributed by atoms with Gasteiger partial charge >= 0.3 is 0 Å². The lowest BCUT2D eigenvalue weighted by molar-refractivity contribution is -0.116. The fraction of sp³-hybridized carbons (Fsp3) is 0.467. The molecule has 4 nitrogen and oxygen atoms in total. The molecule has 1 amide bonds. The lowest BCUT2D eigenvalue weighted by atomic mass is 9.96. The minimum atomic E-state index is 0.0701. The average Bonchev–Trinajstić information content (AvgIpc) is 2.82. The van der Waals surface area contributed by atoms with E-state index in [0.717, 1.165) is 24.4 Å². The minimum Gasteiger partial charge on any atom is -0.278 e. The Morgan fingerprint density at radius 3 is 2.58 bits per heavy atom. The molecule has 0 atom stereocenters. The number of carbonyl (C=O) groups is 1. The van der Waals surface area contributed by atoms with Gasteiger partial charge in [-0.2, -0.15) is 0 Å². The standard InChI is InChI=1S/C15H19N3O/c19-15-11-14(16-12-7-3-1-4-8-12)17-18(15)13-9-5-2-6-10-13/h2,5-6,9-10,12H,1,3-4,7-8,11H2,(H,16,17). The first-order valence-electron chi connectivity index (χ1n) is 7.04. The Balaban J connectivity index is 1.71. The van der Waals surface area contributed by atoms with Gasteiger partial charge in [-0.1, -0.05) is 37.5 Å². The summed E-state index contributed by atoms with van der Waals surface area (Å²) in [6.45, 7) is 0. The summed E-state index contributed by atoms with van der Waals surface area (Å²) < 4.78 is 0. The number of amides is 1. The predicted molar refractivity (Wildman–Crippen MR) is 76.0 cm³/mol. The number of hydrogen-bond acceptors (Lipinski definition) is 2. The number of benzene rings is 1. The maximum Gasteiger partial charge on any atom is 0.253 e. The highest BCUT2D eigenvalue weighted by Crippen LogP contribution is 2.22. The highest BCUT2D eigenvalue weighted by atomic mass is 16.2. The quantitative estimate of drug-likeness (QED) is 0.885. The van der Waals surface area contributed by atoms with Gasteiger partial charge in [0.2, 0.25) is 0 Å². The molecule has 0 radical (unpaired) electrons. The third-order valence-corrected chi connectivity index (χ3v) is 3.74. The maximum atomic E-state index is 12.0. The van der Waals surface area contributed by atoms with Gasteiger partial charge in [-0.05, 0) is 25.0 Å². The number of rotatable bonds is 2. The molecule has 0 aromatic heterocycles. The lowest BCUT2D eigenvalue weighted by Crippen LogP contribution is -2.36. The van der Waals surface area contributed by atoms with Crippen LogP contribution in [0.2, 0.25) is 0 Å². The normalized spacial score (nSPS) is 22.8. The zero-order chi connectivity index (χ0) is 13.1. The number of anilines is 1. The first-order chi connectivity index (χ1) is 9.33. The Bertz CT molecular complexity index is 477.